The van der Waals surface area contributed by atoms with Crippen LogP contribution in [-0.4, -0.2) is 24.0 Å². The number of piperidine rings is 1. The Morgan fingerprint density at radius 3 is 3.25 bits per heavy atom. The minimum Gasteiger partial charge on any atom is -0.444 e. The van der Waals surface area contributed by atoms with Gasteiger partial charge in [0, 0.05) is 6.54 Å². The van der Waals surface area contributed by atoms with Crippen LogP contribution in [0.5, 0.6) is 0 Å². The van der Waals surface area contributed by atoms with Crippen molar-refractivity contribution in [3.63, 3.8) is 0 Å². The van der Waals surface area contributed by atoms with Crippen LogP contribution in [0.2, 0.25) is 0 Å². The molecule has 88 valence electrons. The van der Waals surface area contributed by atoms with Gasteiger partial charge in [-0.2, -0.15) is 0 Å². The molecule has 0 unspecified atom stereocenters. The molecule has 1 aliphatic rings. The van der Waals surface area contributed by atoms with E-state index in [4.69, 9.17) is 4.42 Å². The van der Waals surface area contributed by atoms with Crippen LogP contribution in [0.25, 0.3) is 0 Å². The van der Waals surface area contributed by atoms with Gasteiger partial charge in [-0.25, -0.2) is 4.98 Å². The van der Waals surface area contributed by atoms with Crippen molar-refractivity contribution in [2.24, 2.45) is 5.92 Å². The van der Waals surface area contributed by atoms with Crippen LogP contribution in [0.4, 0.5) is 0 Å². The van der Waals surface area contributed by atoms with Crippen LogP contribution in [0.15, 0.2) is 10.6 Å². The van der Waals surface area contributed by atoms with E-state index in [1.807, 2.05) is 6.92 Å². The highest BCUT2D eigenvalue weighted by Gasteiger charge is 2.20. The number of oxazole rings is 1. The second-order valence-corrected chi connectivity index (χ2v) is 4.13. The maximum absolute atomic E-state index is 11.8. The SMILES string of the molecule is Cc1cnc(CNC(=O)[C@@H]2CCCNC2)o1. The average Bonchev–Trinajstić information content (AvgIpc) is 2.73. The third-order valence-corrected chi connectivity index (χ3v) is 2.75. The molecule has 16 heavy (non-hydrogen) atoms. The Morgan fingerprint density at radius 2 is 2.62 bits per heavy atom. The summed E-state index contributed by atoms with van der Waals surface area (Å²) in [6.45, 7) is 4.01. The summed E-state index contributed by atoms with van der Waals surface area (Å²) >= 11 is 0. The van der Waals surface area contributed by atoms with Gasteiger partial charge in [0.1, 0.15) is 5.76 Å². The van der Waals surface area contributed by atoms with Gasteiger partial charge in [0.2, 0.25) is 11.8 Å². The molecule has 1 amide bonds. The van der Waals surface area contributed by atoms with Gasteiger partial charge in [0.05, 0.1) is 18.7 Å². The fourth-order valence-electron chi connectivity index (χ4n) is 1.87. The summed E-state index contributed by atoms with van der Waals surface area (Å²) in [5.74, 6) is 1.51. The number of amides is 1. The predicted molar refractivity (Wildman–Crippen MR) is 58.7 cm³/mol. The first-order valence-corrected chi connectivity index (χ1v) is 5.65. The lowest BCUT2D eigenvalue weighted by Gasteiger charge is -2.21. The minimum atomic E-state index is 0.0862. The van der Waals surface area contributed by atoms with E-state index in [-0.39, 0.29) is 11.8 Å². The van der Waals surface area contributed by atoms with E-state index in [1.165, 1.54) is 0 Å². The van der Waals surface area contributed by atoms with Crippen molar-refractivity contribution in [2.45, 2.75) is 26.3 Å². The normalized spacial score (nSPS) is 20.7. The molecule has 0 saturated carbocycles. The number of aromatic nitrogens is 1. The maximum atomic E-state index is 11.8. The molecule has 5 nitrogen and oxygen atoms in total. The highest BCUT2D eigenvalue weighted by Crippen LogP contribution is 2.10. The zero-order chi connectivity index (χ0) is 11.4. The van der Waals surface area contributed by atoms with Crippen LogP contribution in [0, 0.1) is 12.8 Å². The summed E-state index contributed by atoms with van der Waals surface area (Å²) < 4.78 is 5.28. The Balaban J connectivity index is 1.78. The van der Waals surface area contributed by atoms with E-state index in [1.54, 1.807) is 6.20 Å². The number of hydrogen-bond acceptors (Lipinski definition) is 4. The van der Waals surface area contributed by atoms with E-state index in [0.29, 0.717) is 12.4 Å². The molecule has 2 N–H and O–H groups in total. The summed E-state index contributed by atoms with van der Waals surface area (Å²) in [4.78, 5) is 15.8. The molecule has 1 aliphatic heterocycles. The number of carbonyl (C=O) groups excluding carboxylic acids is 1. The smallest absolute Gasteiger partial charge is 0.224 e. The van der Waals surface area contributed by atoms with Gasteiger partial charge in [-0.15, -0.1) is 0 Å². The quantitative estimate of drug-likeness (QED) is 0.787. The summed E-state index contributed by atoms with van der Waals surface area (Å²) in [5.41, 5.74) is 0. The number of nitrogens with one attached hydrogen (secondary N) is 2. The van der Waals surface area contributed by atoms with Gasteiger partial charge in [0.15, 0.2) is 0 Å². The number of aryl methyl sites for hydroxylation is 1. The predicted octanol–water partition coefficient (Wildman–Crippen LogP) is 0.599. The average molecular weight is 223 g/mol. The lowest BCUT2D eigenvalue weighted by Crippen LogP contribution is -2.40. The third-order valence-electron chi connectivity index (χ3n) is 2.75. The molecule has 0 radical (unpaired) electrons. The molecular weight excluding hydrogens is 206 g/mol. The minimum absolute atomic E-state index is 0.0862. The fourth-order valence-corrected chi connectivity index (χ4v) is 1.87. The molecule has 1 fully saturated rings. The van der Waals surface area contributed by atoms with E-state index in [0.717, 1.165) is 31.7 Å². The molecule has 2 rings (SSSR count). The lowest BCUT2D eigenvalue weighted by atomic mass is 9.99. The van der Waals surface area contributed by atoms with Crippen molar-refractivity contribution in [3.05, 3.63) is 17.8 Å². The van der Waals surface area contributed by atoms with Gasteiger partial charge < -0.3 is 15.1 Å². The summed E-state index contributed by atoms with van der Waals surface area (Å²) in [6, 6.07) is 0. The third kappa shape index (κ3) is 2.82. The van der Waals surface area contributed by atoms with E-state index < -0.39 is 0 Å². The van der Waals surface area contributed by atoms with Crippen LogP contribution >= 0.6 is 0 Å². The van der Waals surface area contributed by atoms with E-state index in [2.05, 4.69) is 15.6 Å². The molecule has 5 heteroatoms. The summed E-state index contributed by atoms with van der Waals surface area (Å²) in [6.07, 6.45) is 3.68. The van der Waals surface area contributed by atoms with Crippen molar-refractivity contribution in [3.8, 4) is 0 Å². The zero-order valence-corrected chi connectivity index (χ0v) is 9.45. The fraction of sp³-hybridized carbons (Fsp3) is 0.636. The first-order valence-electron chi connectivity index (χ1n) is 5.65. The maximum Gasteiger partial charge on any atom is 0.224 e. The number of hydrogen-bond donors (Lipinski definition) is 2. The highest BCUT2D eigenvalue weighted by molar-refractivity contribution is 5.78. The second kappa shape index (κ2) is 5.12. The van der Waals surface area contributed by atoms with Crippen molar-refractivity contribution < 1.29 is 9.21 Å². The van der Waals surface area contributed by atoms with Gasteiger partial charge >= 0.3 is 0 Å². The Hall–Kier alpha value is -1.36. The monoisotopic (exact) mass is 223 g/mol. The summed E-state index contributed by atoms with van der Waals surface area (Å²) in [5, 5.41) is 6.06. The number of carbonyl (C=O) groups is 1. The molecule has 0 spiro atoms. The molecule has 1 atom stereocenters. The largest absolute Gasteiger partial charge is 0.444 e. The van der Waals surface area contributed by atoms with Crippen molar-refractivity contribution in [2.75, 3.05) is 13.1 Å². The van der Waals surface area contributed by atoms with Crippen molar-refractivity contribution in [1.29, 1.82) is 0 Å². The Kier molecular flexibility index (Phi) is 3.56. The molecule has 1 saturated heterocycles. The number of rotatable bonds is 3. The Labute approximate surface area is 94.6 Å². The van der Waals surface area contributed by atoms with E-state index >= 15 is 0 Å². The van der Waals surface area contributed by atoms with Crippen molar-refractivity contribution in [1.82, 2.24) is 15.6 Å². The Morgan fingerprint density at radius 1 is 1.75 bits per heavy atom. The lowest BCUT2D eigenvalue weighted by molar-refractivity contribution is -0.125. The van der Waals surface area contributed by atoms with Gasteiger partial charge in [0.25, 0.3) is 0 Å². The topological polar surface area (TPSA) is 67.2 Å². The van der Waals surface area contributed by atoms with Crippen LogP contribution in [-0.2, 0) is 11.3 Å². The first kappa shape index (κ1) is 11.1. The van der Waals surface area contributed by atoms with Crippen LogP contribution in [0.3, 0.4) is 0 Å². The Bertz CT molecular complexity index is 356. The zero-order valence-electron chi connectivity index (χ0n) is 9.45. The molecular formula is C11H17N3O2. The number of nitrogens with zero attached hydrogens (tertiary/aromatic N) is 1. The van der Waals surface area contributed by atoms with E-state index in [9.17, 15) is 4.79 Å². The first-order chi connectivity index (χ1) is 7.75. The summed E-state index contributed by atoms with van der Waals surface area (Å²) in [7, 11) is 0. The van der Waals surface area contributed by atoms with Gasteiger partial charge in [-0.1, -0.05) is 0 Å². The molecule has 0 bridgehead atoms. The van der Waals surface area contributed by atoms with Crippen LogP contribution < -0.4 is 10.6 Å². The second-order valence-electron chi connectivity index (χ2n) is 4.13. The van der Waals surface area contributed by atoms with Gasteiger partial charge in [-0.05, 0) is 26.3 Å². The van der Waals surface area contributed by atoms with Crippen molar-refractivity contribution >= 4 is 5.91 Å². The molecule has 1 aromatic heterocycles. The molecule has 0 aromatic carbocycles. The van der Waals surface area contributed by atoms with Crippen LogP contribution in [0.1, 0.15) is 24.5 Å². The standard InChI is InChI=1S/C11H17N3O2/c1-8-5-13-10(16-8)7-14-11(15)9-3-2-4-12-6-9/h5,9,12H,2-4,6-7H2,1H3,(H,14,15)/t9-/m1/s1. The molecule has 2 heterocycles. The molecule has 1 aromatic rings. The molecule has 0 aliphatic carbocycles. The van der Waals surface area contributed by atoms with Gasteiger partial charge in [-0.3, -0.25) is 4.79 Å². The highest BCUT2D eigenvalue weighted by atomic mass is 16.4.